The van der Waals surface area contributed by atoms with Gasteiger partial charge in [0.1, 0.15) is 0 Å². The predicted octanol–water partition coefficient (Wildman–Crippen LogP) is 1.98. The van der Waals surface area contributed by atoms with Crippen LogP contribution in [-0.4, -0.2) is 35.3 Å². The van der Waals surface area contributed by atoms with E-state index in [4.69, 9.17) is 0 Å². The lowest BCUT2D eigenvalue weighted by Crippen LogP contribution is -2.55. The lowest BCUT2D eigenvalue weighted by molar-refractivity contribution is -0.127. The van der Waals surface area contributed by atoms with Crippen molar-refractivity contribution in [2.75, 3.05) is 6.54 Å². The van der Waals surface area contributed by atoms with Crippen LogP contribution in [-0.2, 0) is 22.7 Å². The first-order valence-electron chi connectivity index (χ1n) is 9.10. The molecule has 2 aliphatic rings. The van der Waals surface area contributed by atoms with Gasteiger partial charge in [-0.15, -0.1) is 0 Å². The van der Waals surface area contributed by atoms with E-state index in [1.165, 1.54) is 11.1 Å². The molecule has 134 valence electrons. The molecule has 1 aromatic rings. The first-order chi connectivity index (χ1) is 12.0. The van der Waals surface area contributed by atoms with Gasteiger partial charge in [-0.05, 0) is 36.4 Å². The van der Waals surface area contributed by atoms with Gasteiger partial charge in [0.05, 0.1) is 6.04 Å². The quantitative estimate of drug-likeness (QED) is 0.778. The van der Waals surface area contributed by atoms with Crippen LogP contribution in [0.1, 0.15) is 37.8 Å². The molecule has 2 heterocycles. The van der Waals surface area contributed by atoms with Crippen LogP contribution >= 0.6 is 0 Å². The minimum atomic E-state index is -0.108. The standard InChI is InChI=1S/C20H27N3O2/c1-14(2)11-17(22-20(25)18-9-10-21-18)7-8-19(24)23-12-15-5-3-4-6-16(15)13-23/h3-8,14,17-18,21H,9-13H2,1-2H3,(H,22,25)/b8-7+/t17-,18?/m1/s1. The highest BCUT2D eigenvalue weighted by Crippen LogP contribution is 2.22. The molecule has 1 fully saturated rings. The minimum Gasteiger partial charge on any atom is -0.349 e. The van der Waals surface area contributed by atoms with Crippen LogP contribution in [0.3, 0.4) is 0 Å². The molecule has 5 nitrogen and oxygen atoms in total. The number of hydrogen-bond acceptors (Lipinski definition) is 3. The van der Waals surface area contributed by atoms with Crippen molar-refractivity contribution in [3.05, 3.63) is 47.5 Å². The van der Waals surface area contributed by atoms with Crippen molar-refractivity contribution in [3.8, 4) is 0 Å². The van der Waals surface area contributed by atoms with Crippen molar-refractivity contribution in [2.45, 2.75) is 51.9 Å². The van der Waals surface area contributed by atoms with Gasteiger partial charge in [-0.1, -0.05) is 44.2 Å². The number of fused-ring (bicyclic) bond motifs is 1. The van der Waals surface area contributed by atoms with Crippen molar-refractivity contribution in [2.24, 2.45) is 5.92 Å². The summed E-state index contributed by atoms with van der Waals surface area (Å²) in [5.41, 5.74) is 2.43. The van der Waals surface area contributed by atoms with Crippen LogP contribution in [0.2, 0.25) is 0 Å². The molecule has 0 saturated carbocycles. The molecule has 1 aromatic carbocycles. The van der Waals surface area contributed by atoms with Crippen molar-refractivity contribution in [1.82, 2.24) is 15.5 Å². The second kappa shape index (κ2) is 7.83. The average Bonchev–Trinajstić information content (AvgIpc) is 2.94. The van der Waals surface area contributed by atoms with Gasteiger partial charge in [-0.2, -0.15) is 0 Å². The molecule has 2 N–H and O–H groups in total. The molecule has 1 unspecified atom stereocenters. The van der Waals surface area contributed by atoms with Gasteiger partial charge in [0.25, 0.3) is 0 Å². The second-order valence-corrected chi connectivity index (χ2v) is 7.36. The molecule has 0 aliphatic carbocycles. The summed E-state index contributed by atoms with van der Waals surface area (Å²) in [7, 11) is 0. The summed E-state index contributed by atoms with van der Waals surface area (Å²) in [6.07, 6.45) is 5.17. The Kier molecular flexibility index (Phi) is 5.53. The lowest BCUT2D eigenvalue weighted by atomic mass is 10.0. The van der Waals surface area contributed by atoms with E-state index in [2.05, 4.69) is 36.6 Å². The fourth-order valence-corrected chi connectivity index (χ4v) is 3.28. The van der Waals surface area contributed by atoms with Crippen LogP contribution < -0.4 is 10.6 Å². The molecule has 0 bridgehead atoms. The van der Waals surface area contributed by atoms with E-state index >= 15 is 0 Å². The number of nitrogens with one attached hydrogen (secondary N) is 2. The molecule has 1 saturated heterocycles. The summed E-state index contributed by atoms with van der Waals surface area (Å²) in [6.45, 7) is 6.46. The van der Waals surface area contributed by atoms with Gasteiger partial charge < -0.3 is 15.5 Å². The van der Waals surface area contributed by atoms with Gasteiger partial charge >= 0.3 is 0 Å². The van der Waals surface area contributed by atoms with E-state index in [0.717, 1.165) is 19.4 Å². The van der Waals surface area contributed by atoms with Crippen molar-refractivity contribution >= 4 is 11.8 Å². The minimum absolute atomic E-state index is 0.000902. The number of benzene rings is 1. The topological polar surface area (TPSA) is 61.4 Å². The highest BCUT2D eigenvalue weighted by Gasteiger charge is 2.26. The van der Waals surface area contributed by atoms with Crippen LogP contribution in [0.4, 0.5) is 0 Å². The van der Waals surface area contributed by atoms with Gasteiger partial charge in [0.15, 0.2) is 0 Å². The molecule has 25 heavy (non-hydrogen) atoms. The number of carbonyl (C=O) groups excluding carboxylic acids is 2. The van der Waals surface area contributed by atoms with E-state index in [9.17, 15) is 9.59 Å². The summed E-state index contributed by atoms with van der Waals surface area (Å²) in [6, 6.07) is 7.96. The van der Waals surface area contributed by atoms with Gasteiger partial charge in [-0.25, -0.2) is 0 Å². The van der Waals surface area contributed by atoms with E-state index in [-0.39, 0.29) is 23.9 Å². The summed E-state index contributed by atoms with van der Waals surface area (Å²) in [5, 5.41) is 6.17. The Morgan fingerprint density at radius 1 is 1.28 bits per heavy atom. The van der Waals surface area contributed by atoms with Gasteiger partial charge in [0, 0.05) is 25.2 Å². The zero-order chi connectivity index (χ0) is 17.8. The first kappa shape index (κ1) is 17.7. The zero-order valence-corrected chi connectivity index (χ0v) is 15.0. The number of rotatable bonds is 6. The van der Waals surface area contributed by atoms with Gasteiger partial charge in [-0.3, -0.25) is 9.59 Å². The van der Waals surface area contributed by atoms with Gasteiger partial charge in [0.2, 0.25) is 11.8 Å². The van der Waals surface area contributed by atoms with Crippen molar-refractivity contribution < 1.29 is 9.59 Å². The third-order valence-corrected chi connectivity index (χ3v) is 4.82. The molecule has 2 aliphatic heterocycles. The third kappa shape index (κ3) is 4.48. The smallest absolute Gasteiger partial charge is 0.246 e. The Morgan fingerprint density at radius 2 is 1.92 bits per heavy atom. The molecule has 2 atom stereocenters. The SMILES string of the molecule is CC(C)C[C@@H](/C=C/C(=O)N1Cc2ccccc2C1)NC(=O)C1CCN1. The highest BCUT2D eigenvalue weighted by atomic mass is 16.2. The molecule has 0 radical (unpaired) electrons. The molecule has 3 rings (SSSR count). The maximum Gasteiger partial charge on any atom is 0.246 e. The molecule has 0 aromatic heterocycles. The molecule has 5 heteroatoms. The van der Waals surface area contributed by atoms with Crippen LogP contribution in [0.15, 0.2) is 36.4 Å². The van der Waals surface area contributed by atoms with Crippen LogP contribution in [0.25, 0.3) is 0 Å². The van der Waals surface area contributed by atoms with E-state index in [1.54, 1.807) is 6.08 Å². The second-order valence-electron chi connectivity index (χ2n) is 7.36. The lowest BCUT2D eigenvalue weighted by Gasteiger charge is -2.28. The normalized spacial score (nSPS) is 20.4. The molecule has 2 amide bonds. The largest absolute Gasteiger partial charge is 0.349 e. The van der Waals surface area contributed by atoms with E-state index in [0.29, 0.717) is 19.0 Å². The summed E-state index contributed by atoms with van der Waals surface area (Å²) >= 11 is 0. The first-order valence-corrected chi connectivity index (χ1v) is 9.10. The molecule has 0 spiro atoms. The number of hydrogen-bond donors (Lipinski definition) is 2. The van der Waals surface area contributed by atoms with Crippen LogP contribution in [0, 0.1) is 5.92 Å². The molecular formula is C20H27N3O2. The summed E-state index contributed by atoms with van der Waals surface area (Å²) < 4.78 is 0. The van der Waals surface area contributed by atoms with E-state index in [1.807, 2.05) is 23.1 Å². The summed E-state index contributed by atoms with van der Waals surface area (Å²) in [4.78, 5) is 26.5. The third-order valence-electron chi connectivity index (χ3n) is 4.82. The highest BCUT2D eigenvalue weighted by molar-refractivity contribution is 5.88. The Balaban J connectivity index is 1.58. The number of carbonyl (C=O) groups is 2. The average molecular weight is 341 g/mol. The Morgan fingerprint density at radius 3 is 2.44 bits per heavy atom. The van der Waals surface area contributed by atoms with E-state index < -0.39 is 0 Å². The Labute approximate surface area is 149 Å². The predicted molar refractivity (Wildman–Crippen MR) is 97.6 cm³/mol. The monoisotopic (exact) mass is 341 g/mol. The fourth-order valence-electron chi connectivity index (χ4n) is 3.28. The van der Waals surface area contributed by atoms with Crippen LogP contribution in [0.5, 0.6) is 0 Å². The maximum absolute atomic E-state index is 12.5. The Bertz CT molecular complexity index is 640. The Hall–Kier alpha value is -2.14. The maximum atomic E-state index is 12.5. The number of amides is 2. The van der Waals surface area contributed by atoms with Crippen molar-refractivity contribution in [3.63, 3.8) is 0 Å². The molecular weight excluding hydrogens is 314 g/mol. The van der Waals surface area contributed by atoms with Crippen molar-refractivity contribution in [1.29, 1.82) is 0 Å². The fraction of sp³-hybridized carbons (Fsp3) is 0.500. The summed E-state index contributed by atoms with van der Waals surface area (Å²) in [5.74, 6) is 0.471. The number of nitrogens with zero attached hydrogens (tertiary/aromatic N) is 1. The zero-order valence-electron chi connectivity index (χ0n) is 15.0.